The number of hydrogen-bond donors (Lipinski definition) is 0. The van der Waals surface area contributed by atoms with Crippen molar-refractivity contribution < 1.29 is 8.42 Å². The summed E-state index contributed by atoms with van der Waals surface area (Å²) in [7, 11) is -3.44. The van der Waals surface area contributed by atoms with E-state index in [1.54, 1.807) is 28.2 Å². The Morgan fingerprint density at radius 1 is 1.07 bits per heavy atom. The minimum absolute atomic E-state index is 0.346. The highest BCUT2D eigenvalue weighted by Crippen LogP contribution is 2.31. The molecule has 1 saturated carbocycles. The van der Waals surface area contributed by atoms with Gasteiger partial charge in [-0.1, -0.05) is 43.2 Å². The predicted molar refractivity (Wildman–Crippen MR) is 116 cm³/mol. The lowest BCUT2D eigenvalue weighted by molar-refractivity contribution is 0.390. The number of aromatic nitrogens is 3. The summed E-state index contributed by atoms with van der Waals surface area (Å²) in [6.07, 6.45) is 8.56. The first kappa shape index (κ1) is 20.9. The summed E-state index contributed by atoms with van der Waals surface area (Å²) in [5, 5.41) is 9.79. The second kappa shape index (κ2) is 9.18. The van der Waals surface area contributed by atoms with Gasteiger partial charge in [0.05, 0.1) is 4.90 Å². The molecular weight excluding hydrogens is 404 g/mol. The minimum Gasteiger partial charge on any atom is -0.302 e. The molecule has 1 aromatic carbocycles. The van der Waals surface area contributed by atoms with Gasteiger partial charge in [0.15, 0.2) is 11.0 Å². The third kappa shape index (κ3) is 4.54. The monoisotopic (exact) mass is 434 g/mol. The van der Waals surface area contributed by atoms with Crippen LogP contribution in [0.25, 0.3) is 11.4 Å². The smallest absolute Gasteiger partial charge is 0.243 e. The van der Waals surface area contributed by atoms with Gasteiger partial charge in [0.1, 0.15) is 0 Å². The molecule has 158 valence electrons. The van der Waals surface area contributed by atoms with Crippen molar-refractivity contribution in [3.63, 3.8) is 0 Å². The summed E-state index contributed by atoms with van der Waals surface area (Å²) in [5.74, 6) is 2.60. The molecule has 6 nitrogen and oxygen atoms in total. The van der Waals surface area contributed by atoms with E-state index < -0.39 is 10.0 Å². The van der Waals surface area contributed by atoms with E-state index in [2.05, 4.69) is 21.7 Å². The lowest BCUT2D eigenvalue weighted by Crippen LogP contribution is -2.27. The van der Waals surface area contributed by atoms with Gasteiger partial charge in [0, 0.05) is 31.0 Å². The minimum atomic E-state index is -3.44. The summed E-state index contributed by atoms with van der Waals surface area (Å²) < 4.78 is 29.6. The summed E-state index contributed by atoms with van der Waals surface area (Å²) in [4.78, 5) is 0.346. The van der Waals surface area contributed by atoms with E-state index in [1.165, 1.54) is 32.1 Å². The van der Waals surface area contributed by atoms with E-state index in [0.717, 1.165) is 47.6 Å². The Balaban J connectivity index is 1.56. The van der Waals surface area contributed by atoms with Gasteiger partial charge in [-0.25, -0.2) is 8.42 Å². The number of sulfonamides is 1. The zero-order valence-electron chi connectivity index (χ0n) is 17.1. The lowest BCUT2D eigenvalue weighted by atomic mass is 9.91. The Morgan fingerprint density at radius 3 is 2.55 bits per heavy atom. The number of benzene rings is 1. The predicted octanol–water partition coefficient (Wildman–Crippen LogP) is 4.42. The highest BCUT2D eigenvalue weighted by molar-refractivity contribution is 7.99. The Bertz CT molecular complexity index is 930. The van der Waals surface area contributed by atoms with Crippen LogP contribution < -0.4 is 0 Å². The maximum absolute atomic E-state index is 12.9. The lowest BCUT2D eigenvalue weighted by Gasteiger charge is -2.20. The Morgan fingerprint density at radius 2 is 1.83 bits per heavy atom. The van der Waals surface area contributed by atoms with E-state index in [9.17, 15) is 8.42 Å². The quantitative estimate of drug-likeness (QED) is 0.603. The molecule has 29 heavy (non-hydrogen) atoms. The fourth-order valence-electron chi connectivity index (χ4n) is 4.31. The molecule has 0 N–H and O–H groups in total. The second-order valence-corrected chi connectivity index (χ2v) is 10.9. The molecule has 1 saturated heterocycles. The second-order valence-electron chi connectivity index (χ2n) is 8.00. The molecule has 0 amide bonds. The summed E-state index contributed by atoms with van der Waals surface area (Å²) in [6, 6.07) is 7.17. The number of hydrogen-bond acceptors (Lipinski definition) is 5. The molecule has 2 aromatic rings. The van der Waals surface area contributed by atoms with Crippen molar-refractivity contribution in [3.05, 3.63) is 24.3 Å². The fourth-order valence-corrected chi connectivity index (χ4v) is 7.07. The maximum Gasteiger partial charge on any atom is 0.243 e. The van der Waals surface area contributed by atoms with Crippen LogP contribution in [0.15, 0.2) is 34.3 Å². The Kier molecular flexibility index (Phi) is 6.61. The fraction of sp³-hybridized carbons (Fsp3) is 0.619. The highest BCUT2D eigenvalue weighted by Gasteiger charge is 2.27. The van der Waals surface area contributed by atoms with Crippen LogP contribution in [-0.2, 0) is 16.6 Å². The molecular formula is C21H30N4O2S2. The van der Waals surface area contributed by atoms with Gasteiger partial charge in [0.25, 0.3) is 0 Å². The number of rotatable bonds is 7. The maximum atomic E-state index is 12.9. The van der Waals surface area contributed by atoms with Gasteiger partial charge in [-0.15, -0.1) is 10.2 Å². The molecule has 0 spiro atoms. The van der Waals surface area contributed by atoms with Crippen molar-refractivity contribution >= 4 is 21.8 Å². The zero-order valence-corrected chi connectivity index (χ0v) is 18.7. The topological polar surface area (TPSA) is 68.1 Å². The van der Waals surface area contributed by atoms with Crippen molar-refractivity contribution in [2.45, 2.75) is 68.5 Å². The average Bonchev–Trinajstić information content (AvgIpc) is 3.43. The van der Waals surface area contributed by atoms with Gasteiger partial charge in [-0.2, -0.15) is 4.31 Å². The SMILES string of the molecule is CCn1c(SCC2CCCCC2)nnc1-c1cccc(S(=O)(=O)N2CCCC2)c1. The standard InChI is InChI=1S/C21H30N4O2S2/c1-2-25-20(22-23-21(25)28-16-17-9-4-3-5-10-17)18-11-8-12-19(15-18)29(26,27)24-13-6-7-14-24/h8,11-12,15,17H,2-7,9-10,13-14,16H2,1H3. The molecule has 2 heterocycles. The molecule has 0 radical (unpaired) electrons. The van der Waals surface area contributed by atoms with E-state index >= 15 is 0 Å². The van der Waals surface area contributed by atoms with E-state index in [-0.39, 0.29) is 0 Å². The third-order valence-corrected chi connectivity index (χ3v) is 9.09. The van der Waals surface area contributed by atoms with Crippen molar-refractivity contribution in [1.29, 1.82) is 0 Å². The van der Waals surface area contributed by atoms with Crippen molar-refractivity contribution in [2.24, 2.45) is 5.92 Å². The summed E-state index contributed by atoms with van der Waals surface area (Å²) in [6.45, 7) is 4.07. The van der Waals surface area contributed by atoms with Gasteiger partial charge in [-0.05, 0) is 50.7 Å². The van der Waals surface area contributed by atoms with Crippen LogP contribution in [0, 0.1) is 5.92 Å². The van der Waals surface area contributed by atoms with E-state index in [4.69, 9.17) is 0 Å². The van der Waals surface area contributed by atoms with E-state index in [0.29, 0.717) is 18.0 Å². The van der Waals surface area contributed by atoms with Crippen LogP contribution in [-0.4, -0.2) is 46.3 Å². The summed E-state index contributed by atoms with van der Waals surface area (Å²) >= 11 is 1.79. The van der Waals surface area contributed by atoms with E-state index in [1.807, 2.05) is 12.1 Å². The first-order valence-corrected chi connectivity index (χ1v) is 13.2. The zero-order chi connectivity index (χ0) is 20.3. The molecule has 1 aromatic heterocycles. The van der Waals surface area contributed by atoms with Gasteiger partial charge >= 0.3 is 0 Å². The first-order chi connectivity index (χ1) is 14.1. The molecule has 1 aliphatic heterocycles. The van der Waals surface area contributed by atoms with Crippen LogP contribution in [0.1, 0.15) is 51.9 Å². The summed E-state index contributed by atoms with van der Waals surface area (Å²) in [5.41, 5.74) is 0.809. The van der Waals surface area contributed by atoms with Crippen LogP contribution >= 0.6 is 11.8 Å². The van der Waals surface area contributed by atoms with Crippen LogP contribution in [0.2, 0.25) is 0 Å². The number of nitrogens with zero attached hydrogens (tertiary/aromatic N) is 4. The van der Waals surface area contributed by atoms with Crippen molar-refractivity contribution in [2.75, 3.05) is 18.8 Å². The van der Waals surface area contributed by atoms with Gasteiger partial charge in [-0.3, -0.25) is 0 Å². The molecule has 2 fully saturated rings. The first-order valence-electron chi connectivity index (χ1n) is 10.8. The molecule has 2 aliphatic rings. The van der Waals surface area contributed by atoms with Crippen LogP contribution in [0.3, 0.4) is 0 Å². The van der Waals surface area contributed by atoms with Crippen molar-refractivity contribution in [3.8, 4) is 11.4 Å². The third-order valence-electron chi connectivity index (χ3n) is 6.00. The molecule has 1 aliphatic carbocycles. The molecule has 8 heteroatoms. The number of thioether (sulfide) groups is 1. The Hall–Kier alpha value is -1.38. The molecule has 0 bridgehead atoms. The Labute approximate surface area is 178 Å². The van der Waals surface area contributed by atoms with Crippen molar-refractivity contribution in [1.82, 2.24) is 19.1 Å². The highest BCUT2D eigenvalue weighted by atomic mass is 32.2. The molecule has 0 unspecified atom stereocenters. The van der Waals surface area contributed by atoms with Gasteiger partial charge in [0.2, 0.25) is 10.0 Å². The largest absolute Gasteiger partial charge is 0.302 e. The average molecular weight is 435 g/mol. The van der Waals surface area contributed by atoms with Crippen LogP contribution in [0.4, 0.5) is 0 Å². The van der Waals surface area contributed by atoms with Gasteiger partial charge < -0.3 is 4.57 Å². The van der Waals surface area contributed by atoms with Crippen LogP contribution in [0.5, 0.6) is 0 Å². The normalized spacial score (nSPS) is 19.1. The molecule has 0 atom stereocenters. The molecule has 4 rings (SSSR count).